The third-order valence-corrected chi connectivity index (χ3v) is 3.04. The molecule has 0 saturated carbocycles. The summed E-state index contributed by atoms with van der Waals surface area (Å²) in [5.74, 6) is 0.0163. The van der Waals surface area contributed by atoms with Crippen molar-refractivity contribution < 1.29 is 4.79 Å². The van der Waals surface area contributed by atoms with E-state index in [1.165, 1.54) is 0 Å². The monoisotopic (exact) mass is 248 g/mol. The van der Waals surface area contributed by atoms with E-state index in [4.69, 9.17) is 5.73 Å². The summed E-state index contributed by atoms with van der Waals surface area (Å²) in [6, 6.07) is 7.91. The molecule has 1 unspecified atom stereocenters. The first kappa shape index (κ1) is 14.7. The van der Waals surface area contributed by atoms with Gasteiger partial charge in [0.25, 0.3) is 5.91 Å². The molecule has 0 fully saturated rings. The zero-order valence-corrected chi connectivity index (χ0v) is 11.4. The lowest BCUT2D eigenvalue weighted by molar-refractivity contribution is 0.0937. The molecule has 0 radical (unpaired) electrons. The van der Waals surface area contributed by atoms with Gasteiger partial charge in [-0.05, 0) is 37.9 Å². The molecular weight excluding hydrogens is 224 g/mol. The normalized spacial score (nSPS) is 12.2. The fourth-order valence-corrected chi connectivity index (χ4v) is 2.00. The average molecular weight is 248 g/mol. The minimum absolute atomic E-state index is 0.0163. The standard InChI is InChI=1S/C15H24N2O/c1-3-4-7-12(2)17-15(18)14-9-6-5-8-13(14)10-11-16/h5-6,8-9,12H,3-4,7,10-11,16H2,1-2H3,(H,17,18). The van der Waals surface area contributed by atoms with Gasteiger partial charge in [-0.25, -0.2) is 0 Å². The average Bonchev–Trinajstić information content (AvgIpc) is 2.37. The number of unbranched alkanes of at least 4 members (excludes halogenated alkanes) is 1. The number of amides is 1. The van der Waals surface area contributed by atoms with Crippen LogP contribution < -0.4 is 11.1 Å². The van der Waals surface area contributed by atoms with E-state index in [1.54, 1.807) is 0 Å². The van der Waals surface area contributed by atoms with E-state index in [2.05, 4.69) is 19.2 Å². The summed E-state index contributed by atoms with van der Waals surface area (Å²) in [6.45, 7) is 4.78. The smallest absolute Gasteiger partial charge is 0.251 e. The molecule has 3 nitrogen and oxygen atoms in total. The molecule has 0 aromatic heterocycles. The van der Waals surface area contributed by atoms with Crippen LogP contribution >= 0.6 is 0 Å². The maximum Gasteiger partial charge on any atom is 0.251 e. The van der Waals surface area contributed by atoms with Crippen LogP contribution in [0.15, 0.2) is 24.3 Å². The Balaban J connectivity index is 2.65. The van der Waals surface area contributed by atoms with Crippen molar-refractivity contribution in [1.82, 2.24) is 5.32 Å². The second-order valence-corrected chi connectivity index (χ2v) is 4.71. The van der Waals surface area contributed by atoms with Gasteiger partial charge in [0.2, 0.25) is 0 Å². The maximum atomic E-state index is 12.2. The molecule has 0 bridgehead atoms. The number of rotatable bonds is 7. The van der Waals surface area contributed by atoms with Gasteiger partial charge in [0.1, 0.15) is 0 Å². The van der Waals surface area contributed by atoms with Gasteiger partial charge in [0.15, 0.2) is 0 Å². The number of carbonyl (C=O) groups excluding carboxylic acids is 1. The van der Waals surface area contributed by atoms with Crippen molar-refractivity contribution in [2.24, 2.45) is 5.73 Å². The highest BCUT2D eigenvalue weighted by molar-refractivity contribution is 5.95. The minimum atomic E-state index is 0.0163. The Morgan fingerprint density at radius 1 is 1.39 bits per heavy atom. The van der Waals surface area contributed by atoms with E-state index in [1.807, 2.05) is 24.3 Å². The van der Waals surface area contributed by atoms with E-state index < -0.39 is 0 Å². The van der Waals surface area contributed by atoms with Crippen molar-refractivity contribution in [1.29, 1.82) is 0 Å². The second kappa shape index (κ2) is 7.88. The SMILES string of the molecule is CCCCC(C)NC(=O)c1ccccc1CCN. The third kappa shape index (κ3) is 4.49. The van der Waals surface area contributed by atoms with Crippen LogP contribution in [0, 0.1) is 0 Å². The lowest BCUT2D eigenvalue weighted by Gasteiger charge is -2.15. The Labute approximate surface area is 110 Å². The van der Waals surface area contributed by atoms with Crippen LogP contribution in [-0.4, -0.2) is 18.5 Å². The van der Waals surface area contributed by atoms with Gasteiger partial charge in [-0.2, -0.15) is 0 Å². The van der Waals surface area contributed by atoms with E-state index >= 15 is 0 Å². The van der Waals surface area contributed by atoms with Crippen LogP contribution in [0.4, 0.5) is 0 Å². The topological polar surface area (TPSA) is 55.1 Å². The molecule has 0 saturated heterocycles. The van der Waals surface area contributed by atoms with Gasteiger partial charge in [-0.3, -0.25) is 4.79 Å². The Kier molecular flexibility index (Phi) is 6.44. The minimum Gasteiger partial charge on any atom is -0.350 e. The number of benzene rings is 1. The Hall–Kier alpha value is -1.35. The fraction of sp³-hybridized carbons (Fsp3) is 0.533. The van der Waals surface area contributed by atoms with Crippen LogP contribution in [0.1, 0.15) is 49.0 Å². The van der Waals surface area contributed by atoms with Crippen LogP contribution in [-0.2, 0) is 6.42 Å². The number of hydrogen-bond donors (Lipinski definition) is 2. The molecule has 0 aliphatic rings. The molecule has 1 aromatic rings. The summed E-state index contributed by atoms with van der Waals surface area (Å²) in [5, 5.41) is 3.05. The molecule has 1 atom stereocenters. The maximum absolute atomic E-state index is 12.2. The first-order chi connectivity index (χ1) is 8.69. The van der Waals surface area contributed by atoms with E-state index in [9.17, 15) is 4.79 Å². The van der Waals surface area contributed by atoms with Gasteiger partial charge < -0.3 is 11.1 Å². The first-order valence-corrected chi connectivity index (χ1v) is 6.77. The summed E-state index contributed by atoms with van der Waals surface area (Å²) in [4.78, 5) is 12.2. The molecule has 3 N–H and O–H groups in total. The lowest BCUT2D eigenvalue weighted by atomic mass is 10.0. The van der Waals surface area contributed by atoms with Gasteiger partial charge >= 0.3 is 0 Å². The summed E-state index contributed by atoms with van der Waals surface area (Å²) >= 11 is 0. The highest BCUT2D eigenvalue weighted by atomic mass is 16.1. The van der Waals surface area contributed by atoms with Crippen molar-refractivity contribution in [2.75, 3.05) is 6.54 Å². The molecule has 1 amide bonds. The van der Waals surface area contributed by atoms with Crippen molar-refractivity contribution in [3.63, 3.8) is 0 Å². The zero-order chi connectivity index (χ0) is 13.4. The zero-order valence-electron chi connectivity index (χ0n) is 11.4. The van der Waals surface area contributed by atoms with Gasteiger partial charge in [-0.15, -0.1) is 0 Å². The molecule has 3 heteroatoms. The summed E-state index contributed by atoms with van der Waals surface area (Å²) < 4.78 is 0. The quantitative estimate of drug-likeness (QED) is 0.779. The summed E-state index contributed by atoms with van der Waals surface area (Å²) in [5.41, 5.74) is 7.35. The largest absolute Gasteiger partial charge is 0.350 e. The van der Waals surface area contributed by atoms with Crippen LogP contribution in [0.25, 0.3) is 0 Å². The van der Waals surface area contributed by atoms with Crippen molar-refractivity contribution >= 4 is 5.91 Å². The van der Waals surface area contributed by atoms with E-state index in [0.717, 1.165) is 36.8 Å². The Morgan fingerprint density at radius 2 is 2.11 bits per heavy atom. The highest BCUT2D eigenvalue weighted by Crippen LogP contribution is 2.10. The molecule has 18 heavy (non-hydrogen) atoms. The van der Waals surface area contributed by atoms with E-state index in [0.29, 0.717) is 6.54 Å². The van der Waals surface area contributed by atoms with Crippen LogP contribution in [0.2, 0.25) is 0 Å². The predicted octanol–water partition coefficient (Wildman–Crippen LogP) is 2.50. The molecule has 100 valence electrons. The number of hydrogen-bond acceptors (Lipinski definition) is 2. The third-order valence-electron chi connectivity index (χ3n) is 3.04. The van der Waals surface area contributed by atoms with Crippen molar-refractivity contribution in [3.8, 4) is 0 Å². The number of nitrogens with two attached hydrogens (primary N) is 1. The Bertz CT molecular complexity index is 377. The number of nitrogens with one attached hydrogen (secondary N) is 1. The van der Waals surface area contributed by atoms with Crippen LogP contribution in [0.3, 0.4) is 0 Å². The predicted molar refractivity (Wildman–Crippen MR) is 75.7 cm³/mol. The van der Waals surface area contributed by atoms with Crippen molar-refractivity contribution in [3.05, 3.63) is 35.4 Å². The summed E-state index contributed by atoms with van der Waals surface area (Å²) in [6.07, 6.45) is 4.07. The molecule has 0 spiro atoms. The molecule has 0 heterocycles. The Morgan fingerprint density at radius 3 is 2.78 bits per heavy atom. The molecule has 1 rings (SSSR count). The molecule has 0 aliphatic carbocycles. The molecular formula is C15H24N2O. The fourth-order valence-electron chi connectivity index (χ4n) is 2.00. The molecule has 1 aromatic carbocycles. The van der Waals surface area contributed by atoms with Gasteiger partial charge in [-0.1, -0.05) is 38.0 Å². The van der Waals surface area contributed by atoms with Gasteiger partial charge in [0, 0.05) is 11.6 Å². The van der Waals surface area contributed by atoms with E-state index in [-0.39, 0.29) is 11.9 Å². The first-order valence-electron chi connectivity index (χ1n) is 6.77. The highest BCUT2D eigenvalue weighted by Gasteiger charge is 2.12. The van der Waals surface area contributed by atoms with Gasteiger partial charge in [0.05, 0.1) is 0 Å². The van der Waals surface area contributed by atoms with Crippen molar-refractivity contribution in [2.45, 2.75) is 45.6 Å². The number of carbonyl (C=O) groups is 1. The lowest BCUT2D eigenvalue weighted by Crippen LogP contribution is -2.33. The molecule has 0 aliphatic heterocycles. The van der Waals surface area contributed by atoms with Crippen LogP contribution in [0.5, 0.6) is 0 Å². The second-order valence-electron chi connectivity index (χ2n) is 4.71. The summed E-state index contributed by atoms with van der Waals surface area (Å²) in [7, 11) is 0.